The van der Waals surface area contributed by atoms with E-state index in [4.69, 9.17) is 6.42 Å². The fourth-order valence-corrected chi connectivity index (χ4v) is 2.90. The first-order valence-corrected chi connectivity index (χ1v) is 7.20. The van der Waals surface area contributed by atoms with E-state index in [-0.39, 0.29) is 5.91 Å². The molecule has 106 valence electrons. The lowest BCUT2D eigenvalue weighted by Crippen LogP contribution is -2.65. The molecule has 1 aliphatic carbocycles. The summed E-state index contributed by atoms with van der Waals surface area (Å²) in [6.45, 7) is 5.54. The lowest BCUT2D eigenvalue weighted by Gasteiger charge is -2.47. The number of hydrogen-bond acceptors (Lipinski definition) is 3. The van der Waals surface area contributed by atoms with E-state index in [1.54, 1.807) is 0 Å². The molecule has 0 radical (unpaired) electrons. The van der Waals surface area contributed by atoms with Gasteiger partial charge in [0, 0.05) is 13.1 Å². The van der Waals surface area contributed by atoms with Gasteiger partial charge in [-0.15, -0.1) is 6.42 Å². The first-order chi connectivity index (χ1) is 8.97. The van der Waals surface area contributed by atoms with Crippen molar-refractivity contribution in [3.05, 3.63) is 0 Å². The zero-order chi connectivity index (χ0) is 14.1. The van der Waals surface area contributed by atoms with Crippen molar-refractivity contribution >= 4 is 5.91 Å². The van der Waals surface area contributed by atoms with Crippen molar-refractivity contribution in [3.63, 3.8) is 0 Å². The molecule has 1 saturated heterocycles. The number of terminal acetylenes is 1. The van der Waals surface area contributed by atoms with Gasteiger partial charge in [-0.3, -0.25) is 9.69 Å². The van der Waals surface area contributed by atoms with Crippen molar-refractivity contribution in [2.75, 3.05) is 19.6 Å². The number of likely N-dealkylation sites (tertiary alicyclic amines) is 1. The lowest BCUT2D eigenvalue weighted by molar-refractivity contribution is -0.137. The largest absolute Gasteiger partial charge is 0.387 e. The minimum atomic E-state index is -0.529. The van der Waals surface area contributed by atoms with E-state index in [0.717, 1.165) is 25.7 Å². The SMILES string of the molecule is C#CC(CC)(CC)NC(=O)CN1CC(O)(C2CC2)C1. The highest BCUT2D eigenvalue weighted by Crippen LogP contribution is 2.44. The summed E-state index contributed by atoms with van der Waals surface area (Å²) in [6.07, 6.45) is 9.25. The van der Waals surface area contributed by atoms with Crippen molar-refractivity contribution in [1.82, 2.24) is 10.2 Å². The van der Waals surface area contributed by atoms with Crippen LogP contribution in [0.2, 0.25) is 0 Å². The molecule has 2 fully saturated rings. The maximum Gasteiger partial charge on any atom is 0.235 e. The molecular formula is C15H24N2O2. The summed E-state index contributed by atoms with van der Waals surface area (Å²) in [4.78, 5) is 14.0. The summed E-state index contributed by atoms with van der Waals surface area (Å²) in [7, 11) is 0. The Hall–Kier alpha value is -1.05. The molecule has 1 saturated carbocycles. The Kier molecular flexibility index (Phi) is 3.89. The predicted molar refractivity (Wildman–Crippen MR) is 74.4 cm³/mol. The van der Waals surface area contributed by atoms with E-state index >= 15 is 0 Å². The Morgan fingerprint density at radius 1 is 1.47 bits per heavy atom. The number of rotatable bonds is 6. The average molecular weight is 264 g/mol. The predicted octanol–water partition coefficient (Wildman–Crippen LogP) is 0.751. The fraction of sp³-hybridized carbons (Fsp3) is 0.800. The quantitative estimate of drug-likeness (QED) is 0.696. The number of carbonyl (C=O) groups is 1. The van der Waals surface area contributed by atoms with E-state index in [1.807, 2.05) is 18.7 Å². The van der Waals surface area contributed by atoms with Gasteiger partial charge in [0.05, 0.1) is 12.1 Å². The molecule has 0 atom stereocenters. The van der Waals surface area contributed by atoms with Crippen LogP contribution in [0, 0.1) is 18.3 Å². The number of nitrogens with one attached hydrogen (secondary N) is 1. The van der Waals surface area contributed by atoms with Crippen LogP contribution in [-0.4, -0.2) is 46.7 Å². The minimum absolute atomic E-state index is 0.0421. The van der Waals surface area contributed by atoms with Crippen LogP contribution in [0.1, 0.15) is 39.5 Å². The smallest absolute Gasteiger partial charge is 0.235 e. The third-order valence-corrected chi connectivity index (χ3v) is 4.56. The van der Waals surface area contributed by atoms with Gasteiger partial charge in [0.1, 0.15) is 5.54 Å². The molecule has 0 aromatic carbocycles. The van der Waals surface area contributed by atoms with Crippen molar-refractivity contribution < 1.29 is 9.90 Å². The number of aliphatic hydroxyl groups is 1. The molecule has 1 amide bonds. The van der Waals surface area contributed by atoms with Gasteiger partial charge in [-0.05, 0) is 31.6 Å². The molecule has 2 aliphatic rings. The Morgan fingerprint density at radius 3 is 2.47 bits per heavy atom. The van der Waals surface area contributed by atoms with E-state index in [1.165, 1.54) is 0 Å². The molecule has 4 nitrogen and oxygen atoms in total. The topological polar surface area (TPSA) is 52.6 Å². The Balaban J connectivity index is 1.78. The van der Waals surface area contributed by atoms with Crippen LogP contribution in [0.25, 0.3) is 0 Å². The van der Waals surface area contributed by atoms with Crippen LogP contribution in [0.5, 0.6) is 0 Å². The van der Waals surface area contributed by atoms with Crippen molar-refractivity contribution in [3.8, 4) is 12.3 Å². The molecule has 0 bridgehead atoms. The molecule has 4 heteroatoms. The molecule has 0 aromatic rings. The van der Waals surface area contributed by atoms with Crippen molar-refractivity contribution in [1.29, 1.82) is 0 Å². The first kappa shape index (κ1) is 14.4. The highest BCUT2D eigenvalue weighted by molar-refractivity contribution is 5.79. The molecule has 2 rings (SSSR count). The van der Waals surface area contributed by atoms with Crippen LogP contribution in [0.15, 0.2) is 0 Å². The molecule has 0 unspecified atom stereocenters. The second-order valence-corrected chi connectivity index (χ2v) is 6.00. The fourth-order valence-electron chi connectivity index (χ4n) is 2.90. The van der Waals surface area contributed by atoms with Gasteiger partial charge in [-0.1, -0.05) is 19.8 Å². The zero-order valence-corrected chi connectivity index (χ0v) is 11.9. The number of amides is 1. The number of hydrogen-bond donors (Lipinski definition) is 2. The summed E-state index contributed by atoms with van der Waals surface area (Å²) >= 11 is 0. The maximum atomic E-state index is 12.0. The Morgan fingerprint density at radius 2 is 2.05 bits per heavy atom. The molecular weight excluding hydrogens is 240 g/mol. The van der Waals surface area contributed by atoms with Gasteiger partial charge in [0.15, 0.2) is 0 Å². The second-order valence-electron chi connectivity index (χ2n) is 6.00. The number of nitrogens with zero attached hydrogens (tertiary/aromatic N) is 1. The van der Waals surface area contributed by atoms with Crippen molar-refractivity contribution in [2.24, 2.45) is 5.92 Å². The molecule has 1 heterocycles. The average Bonchev–Trinajstić information content (AvgIpc) is 3.18. The van der Waals surface area contributed by atoms with E-state index in [0.29, 0.717) is 25.6 Å². The third kappa shape index (κ3) is 2.93. The summed E-state index contributed by atoms with van der Waals surface area (Å²) < 4.78 is 0. The van der Waals surface area contributed by atoms with Crippen LogP contribution >= 0.6 is 0 Å². The summed E-state index contributed by atoms with van der Waals surface area (Å²) in [5, 5.41) is 13.2. The van der Waals surface area contributed by atoms with Crippen LogP contribution in [0.3, 0.4) is 0 Å². The van der Waals surface area contributed by atoms with Crippen LogP contribution < -0.4 is 5.32 Å². The summed E-state index contributed by atoms with van der Waals surface area (Å²) in [6, 6.07) is 0. The van der Waals surface area contributed by atoms with Crippen molar-refractivity contribution in [2.45, 2.75) is 50.7 Å². The summed E-state index contributed by atoms with van der Waals surface area (Å²) in [5.41, 5.74) is -1.05. The highest BCUT2D eigenvalue weighted by Gasteiger charge is 2.52. The van der Waals surface area contributed by atoms with E-state index in [2.05, 4.69) is 11.2 Å². The Bertz CT molecular complexity index is 385. The summed E-state index contributed by atoms with van der Waals surface area (Å²) in [5.74, 6) is 3.12. The molecule has 19 heavy (non-hydrogen) atoms. The molecule has 2 N–H and O–H groups in total. The number of β-amino-alcohol motifs (C(OH)–C–C–N with tert-alkyl or cyclic N) is 1. The van der Waals surface area contributed by atoms with Crippen LogP contribution in [0.4, 0.5) is 0 Å². The molecule has 0 spiro atoms. The van der Waals surface area contributed by atoms with E-state index in [9.17, 15) is 9.90 Å². The van der Waals surface area contributed by atoms with Gasteiger partial charge in [0.25, 0.3) is 0 Å². The minimum Gasteiger partial charge on any atom is -0.387 e. The van der Waals surface area contributed by atoms with Gasteiger partial charge in [0.2, 0.25) is 5.91 Å². The van der Waals surface area contributed by atoms with E-state index < -0.39 is 11.1 Å². The van der Waals surface area contributed by atoms with Gasteiger partial charge >= 0.3 is 0 Å². The standard InChI is InChI=1S/C15H24N2O2/c1-4-14(5-2,6-3)16-13(18)9-17-10-15(19,11-17)12-7-8-12/h1,12,19H,5-11H2,2-3H3,(H,16,18). The van der Waals surface area contributed by atoms with Gasteiger partial charge < -0.3 is 10.4 Å². The van der Waals surface area contributed by atoms with Gasteiger partial charge in [-0.25, -0.2) is 0 Å². The lowest BCUT2D eigenvalue weighted by atomic mass is 9.88. The normalized spacial score (nSPS) is 22.4. The Labute approximate surface area is 115 Å². The third-order valence-electron chi connectivity index (χ3n) is 4.56. The first-order valence-electron chi connectivity index (χ1n) is 7.20. The molecule has 0 aromatic heterocycles. The van der Waals surface area contributed by atoms with Gasteiger partial charge in [-0.2, -0.15) is 0 Å². The maximum absolute atomic E-state index is 12.0. The highest BCUT2D eigenvalue weighted by atomic mass is 16.3. The monoisotopic (exact) mass is 264 g/mol. The second kappa shape index (κ2) is 5.15. The van der Waals surface area contributed by atoms with Crippen LogP contribution in [-0.2, 0) is 4.79 Å². The number of carbonyl (C=O) groups excluding carboxylic acids is 1. The molecule has 1 aliphatic heterocycles. The zero-order valence-electron chi connectivity index (χ0n) is 11.9.